The first-order valence-corrected chi connectivity index (χ1v) is 7.74. The minimum Gasteiger partial charge on any atom is -0.494 e. The van der Waals surface area contributed by atoms with Crippen LogP contribution in [0.5, 0.6) is 5.75 Å². The van der Waals surface area contributed by atoms with E-state index in [9.17, 15) is 0 Å². The Morgan fingerprint density at radius 3 is 2.94 bits per heavy atom. The van der Waals surface area contributed by atoms with Crippen molar-refractivity contribution in [3.63, 3.8) is 0 Å². The fraction of sp³-hybridized carbons (Fsp3) is 0.600. The van der Waals surface area contributed by atoms with Crippen LogP contribution in [0.3, 0.4) is 0 Å². The molecule has 0 saturated heterocycles. The van der Waals surface area contributed by atoms with Gasteiger partial charge in [-0.2, -0.15) is 0 Å². The number of halogens is 1. The Kier molecular flexibility index (Phi) is 5.07. The average molecular weight is 312 g/mol. The van der Waals surface area contributed by atoms with Crippen LogP contribution in [0.2, 0.25) is 0 Å². The van der Waals surface area contributed by atoms with Crippen molar-refractivity contribution in [3.8, 4) is 5.75 Å². The van der Waals surface area contributed by atoms with Crippen LogP contribution < -0.4 is 10.1 Å². The predicted molar refractivity (Wildman–Crippen MR) is 79.3 cm³/mol. The molecule has 18 heavy (non-hydrogen) atoms. The van der Waals surface area contributed by atoms with Crippen LogP contribution >= 0.6 is 15.9 Å². The Bertz CT molecular complexity index is 406. The zero-order valence-corrected chi connectivity index (χ0v) is 12.8. The van der Waals surface area contributed by atoms with E-state index < -0.39 is 0 Å². The minimum absolute atomic E-state index is 0.475. The summed E-state index contributed by atoms with van der Waals surface area (Å²) in [5.74, 6) is 1.07. The first kappa shape index (κ1) is 13.9. The van der Waals surface area contributed by atoms with Gasteiger partial charge in [0, 0.05) is 16.1 Å². The minimum atomic E-state index is 0.475. The Labute approximate surface area is 118 Å². The second-order valence-electron chi connectivity index (χ2n) is 4.77. The van der Waals surface area contributed by atoms with Crippen LogP contribution in [0.15, 0.2) is 16.6 Å². The summed E-state index contributed by atoms with van der Waals surface area (Å²) in [5.41, 5.74) is 2.81. The molecule has 2 rings (SSSR count). The lowest BCUT2D eigenvalue weighted by atomic mass is 9.87. The number of fused-ring (bicyclic) bond motifs is 1. The number of rotatable bonds is 5. The van der Waals surface area contributed by atoms with Gasteiger partial charge in [0.2, 0.25) is 0 Å². The molecular formula is C15H22BrNO. The molecule has 0 saturated carbocycles. The van der Waals surface area contributed by atoms with Crippen LogP contribution in [-0.4, -0.2) is 13.2 Å². The van der Waals surface area contributed by atoms with E-state index >= 15 is 0 Å². The van der Waals surface area contributed by atoms with Gasteiger partial charge in [0.05, 0.1) is 6.61 Å². The van der Waals surface area contributed by atoms with Crippen molar-refractivity contribution >= 4 is 15.9 Å². The topological polar surface area (TPSA) is 21.3 Å². The Morgan fingerprint density at radius 1 is 1.39 bits per heavy atom. The Balaban J connectivity index is 2.33. The standard InChI is InChI=1S/C15H22BrNO/c1-3-10-17-13-7-5-6-11-14(18-4-2)9-8-12(16)15(11)13/h8-9,13,17H,3-7,10H2,1-2H3. The summed E-state index contributed by atoms with van der Waals surface area (Å²) in [6, 6.07) is 4.69. The maximum absolute atomic E-state index is 5.76. The van der Waals surface area contributed by atoms with Crippen LogP contribution in [0.4, 0.5) is 0 Å². The van der Waals surface area contributed by atoms with Gasteiger partial charge in [-0.05, 0) is 56.8 Å². The fourth-order valence-electron chi connectivity index (χ4n) is 2.69. The van der Waals surface area contributed by atoms with E-state index in [1.54, 1.807) is 0 Å². The summed E-state index contributed by atoms with van der Waals surface area (Å²) < 4.78 is 6.98. The van der Waals surface area contributed by atoms with Gasteiger partial charge in [0.1, 0.15) is 5.75 Å². The maximum Gasteiger partial charge on any atom is 0.122 e. The first-order valence-electron chi connectivity index (χ1n) is 6.95. The van der Waals surface area contributed by atoms with E-state index in [1.807, 2.05) is 6.92 Å². The monoisotopic (exact) mass is 311 g/mol. The van der Waals surface area contributed by atoms with Crippen molar-refractivity contribution in [3.05, 3.63) is 27.7 Å². The van der Waals surface area contributed by atoms with Gasteiger partial charge in [-0.1, -0.05) is 22.9 Å². The molecule has 2 nitrogen and oxygen atoms in total. The van der Waals surface area contributed by atoms with Crippen LogP contribution in [0.1, 0.15) is 50.3 Å². The van der Waals surface area contributed by atoms with E-state index in [-0.39, 0.29) is 0 Å². The number of ether oxygens (including phenoxy) is 1. The van der Waals surface area contributed by atoms with Crippen molar-refractivity contribution in [2.75, 3.05) is 13.2 Å². The number of benzene rings is 1. The molecule has 1 aliphatic carbocycles. The first-order chi connectivity index (χ1) is 8.77. The van der Waals surface area contributed by atoms with Crippen LogP contribution in [-0.2, 0) is 6.42 Å². The van der Waals surface area contributed by atoms with E-state index in [4.69, 9.17) is 4.74 Å². The average Bonchev–Trinajstić information content (AvgIpc) is 2.39. The second-order valence-corrected chi connectivity index (χ2v) is 5.62. The normalized spacial score (nSPS) is 18.5. The third-order valence-electron chi connectivity index (χ3n) is 3.47. The van der Waals surface area contributed by atoms with Crippen molar-refractivity contribution < 1.29 is 4.74 Å². The summed E-state index contributed by atoms with van der Waals surface area (Å²) in [7, 11) is 0. The number of hydrogen-bond donors (Lipinski definition) is 1. The molecule has 0 aliphatic heterocycles. The lowest BCUT2D eigenvalue weighted by molar-refractivity contribution is 0.331. The van der Waals surface area contributed by atoms with E-state index in [0.717, 1.165) is 25.3 Å². The molecule has 1 aliphatic rings. The van der Waals surface area contributed by atoms with Crippen LogP contribution in [0.25, 0.3) is 0 Å². The molecule has 1 N–H and O–H groups in total. The highest BCUT2D eigenvalue weighted by Gasteiger charge is 2.24. The largest absolute Gasteiger partial charge is 0.494 e. The maximum atomic E-state index is 5.76. The summed E-state index contributed by atoms with van der Waals surface area (Å²) in [4.78, 5) is 0. The predicted octanol–water partition coefficient (Wildman–Crippen LogP) is 4.22. The molecule has 0 fully saturated rings. The summed E-state index contributed by atoms with van der Waals surface area (Å²) in [5, 5.41) is 3.65. The summed E-state index contributed by atoms with van der Waals surface area (Å²) in [6.45, 7) is 6.07. The molecule has 1 atom stereocenters. The molecule has 0 bridgehead atoms. The third-order valence-corrected chi connectivity index (χ3v) is 4.16. The molecule has 1 unspecified atom stereocenters. The molecule has 100 valence electrons. The van der Waals surface area contributed by atoms with E-state index in [0.29, 0.717) is 6.04 Å². The Hall–Kier alpha value is -0.540. The SMILES string of the molecule is CCCNC1CCCc2c(OCC)ccc(Br)c21. The highest BCUT2D eigenvalue weighted by Crippen LogP contribution is 2.39. The highest BCUT2D eigenvalue weighted by atomic mass is 79.9. The zero-order chi connectivity index (χ0) is 13.0. The molecular weight excluding hydrogens is 290 g/mol. The highest BCUT2D eigenvalue weighted by molar-refractivity contribution is 9.10. The van der Waals surface area contributed by atoms with Crippen molar-refractivity contribution in [2.45, 2.75) is 45.6 Å². The lowest BCUT2D eigenvalue weighted by Gasteiger charge is -2.29. The lowest BCUT2D eigenvalue weighted by Crippen LogP contribution is -2.26. The van der Waals surface area contributed by atoms with Gasteiger partial charge in [-0.25, -0.2) is 0 Å². The van der Waals surface area contributed by atoms with Crippen LogP contribution in [0, 0.1) is 0 Å². The third kappa shape index (κ3) is 2.89. The molecule has 1 aromatic carbocycles. The van der Waals surface area contributed by atoms with Gasteiger partial charge in [-0.15, -0.1) is 0 Å². The molecule has 0 radical (unpaired) electrons. The molecule has 0 heterocycles. The Morgan fingerprint density at radius 2 is 2.22 bits per heavy atom. The molecule has 3 heteroatoms. The summed E-state index contributed by atoms with van der Waals surface area (Å²) in [6.07, 6.45) is 4.77. The van der Waals surface area contributed by atoms with E-state index in [1.165, 1.54) is 34.9 Å². The summed E-state index contributed by atoms with van der Waals surface area (Å²) >= 11 is 3.70. The van der Waals surface area contributed by atoms with Gasteiger partial charge in [0.25, 0.3) is 0 Å². The van der Waals surface area contributed by atoms with Gasteiger partial charge in [0.15, 0.2) is 0 Å². The number of hydrogen-bond acceptors (Lipinski definition) is 2. The molecule has 0 aromatic heterocycles. The van der Waals surface area contributed by atoms with E-state index in [2.05, 4.69) is 40.3 Å². The van der Waals surface area contributed by atoms with Gasteiger partial charge >= 0.3 is 0 Å². The zero-order valence-electron chi connectivity index (χ0n) is 11.3. The smallest absolute Gasteiger partial charge is 0.122 e. The second kappa shape index (κ2) is 6.58. The van der Waals surface area contributed by atoms with Crippen molar-refractivity contribution in [2.24, 2.45) is 0 Å². The molecule has 0 amide bonds. The quantitative estimate of drug-likeness (QED) is 0.879. The van der Waals surface area contributed by atoms with Gasteiger partial charge in [-0.3, -0.25) is 0 Å². The van der Waals surface area contributed by atoms with Gasteiger partial charge < -0.3 is 10.1 Å². The molecule has 0 spiro atoms. The fourth-order valence-corrected chi connectivity index (χ4v) is 3.34. The molecule has 1 aromatic rings. The number of nitrogens with one attached hydrogen (secondary N) is 1. The van der Waals surface area contributed by atoms with Crippen molar-refractivity contribution in [1.29, 1.82) is 0 Å². The van der Waals surface area contributed by atoms with Crippen molar-refractivity contribution in [1.82, 2.24) is 5.32 Å².